The average Bonchev–Trinajstić information content (AvgIpc) is 3.67. The van der Waals surface area contributed by atoms with Gasteiger partial charge in [-0.2, -0.15) is 5.26 Å². The number of hydrogen-bond acceptors (Lipinski definition) is 5. The number of hydrogen-bond donors (Lipinski definition) is 0. The molecule has 0 amide bonds. The Bertz CT molecular complexity index is 2590. The highest BCUT2D eigenvalue weighted by molar-refractivity contribution is 6.27. The topological polar surface area (TPSA) is 80.5 Å². The minimum absolute atomic E-state index is 0.504. The molecular formula is C40H23N5O. The van der Waals surface area contributed by atoms with Crippen molar-refractivity contribution in [3.63, 3.8) is 0 Å². The number of fused-ring (bicyclic) bond motifs is 7. The number of aromatic nitrogens is 4. The first-order valence-corrected chi connectivity index (χ1v) is 15.0. The standard InChI is InChI=1S/C40H23N5O/c41-24-28-23-27(40-43-38(25-11-3-1-4-12-25)42-39(44-40)26-13-5-2-6-14-26)19-20-31(28)45-32-17-9-7-15-29(32)36-33(45)21-22-35-37(36)30-16-8-10-18-34(30)46-35/h1-23H. The maximum atomic E-state index is 10.5. The molecule has 9 aromatic rings. The first-order valence-electron chi connectivity index (χ1n) is 15.0. The molecule has 0 saturated carbocycles. The molecule has 46 heavy (non-hydrogen) atoms. The zero-order valence-corrected chi connectivity index (χ0v) is 24.4. The van der Waals surface area contributed by atoms with Crippen molar-refractivity contribution in [1.82, 2.24) is 19.5 Å². The predicted molar refractivity (Wildman–Crippen MR) is 182 cm³/mol. The molecule has 9 rings (SSSR count). The van der Waals surface area contributed by atoms with E-state index in [4.69, 9.17) is 19.4 Å². The third kappa shape index (κ3) is 4.00. The molecule has 214 valence electrons. The molecule has 0 spiro atoms. The summed E-state index contributed by atoms with van der Waals surface area (Å²) in [6, 6.07) is 48.6. The van der Waals surface area contributed by atoms with Crippen molar-refractivity contribution in [2.24, 2.45) is 0 Å². The lowest BCUT2D eigenvalue weighted by Gasteiger charge is -2.12. The fourth-order valence-electron chi connectivity index (χ4n) is 6.43. The van der Waals surface area contributed by atoms with Gasteiger partial charge in [0, 0.05) is 38.2 Å². The Morgan fingerprint density at radius 2 is 1.11 bits per heavy atom. The maximum Gasteiger partial charge on any atom is 0.164 e. The largest absolute Gasteiger partial charge is 0.456 e. The van der Waals surface area contributed by atoms with E-state index in [1.807, 2.05) is 109 Å². The van der Waals surface area contributed by atoms with Crippen LogP contribution in [0.5, 0.6) is 0 Å². The van der Waals surface area contributed by atoms with Crippen LogP contribution in [0.2, 0.25) is 0 Å². The fraction of sp³-hybridized carbons (Fsp3) is 0. The van der Waals surface area contributed by atoms with Gasteiger partial charge in [0.05, 0.1) is 22.3 Å². The van der Waals surface area contributed by atoms with Gasteiger partial charge >= 0.3 is 0 Å². The number of furan rings is 1. The Kier molecular flexibility index (Phi) is 5.77. The Labute approximate surface area is 263 Å². The molecule has 0 aliphatic carbocycles. The number of rotatable bonds is 4. The van der Waals surface area contributed by atoms with Gasteiger partial charge in [0.2, 0.25) is 0 Å². The Morgan fingerprint density at radius 1 is 0.500 bits per heavy atom. The highest BCUT2D eigenvalue weighted by Gasteiger charge is 2.21. The summed E-state index contributed by atoms with van der Waals surface area (Å²) in [5, 5.41) is 14.9. The highest BCUT2D eigenvalue weighted by Crippen LogP contribution is 2.41. The first kappa shape index (κ1) is 25.9. The molecule has 0 aliphatic rings. The third-order valence-corrected chi connectivity index (χ3v) is 8.49. The van der Waals surface area contributed by atoms with Crippen LogP contribution in [0.15, 0.2) is 144 Å². The van der Waals surface area contributed by atoms with E-state index in [0.29, 0.717) is 23.0 Å². The molecule has 3 heterocycles. The summed E-state index contributed by atoms with van der Waals surface area (Å²) in [5.74, 6) is 1.65. The Morgan fingerprint density at radius 3 is 1.80 bits per heavy atom. The van der Waals surface area contributed by atoms with Crippen LogP contribution in [-0.4, -0.2) is 19.5 Å². The van der Waals surface area contributed by atoms with E-state index in [1.54, 1.807) is 0 Å². The number of nitrogens with zero attached hydrogens (tertiary/aromatic N) is 5. The van der Waals surface area contributed by atoms with Gasteiger partial charge in [0.25, 0.3) is 0 Å². The third-order valence-electron chi connectivity index (χ3n) is 8.49. The Balaban J connectivity index is 1.27. The second kappa shape index (κ2) is 10.3. The van der Waals surface area contributed by atoms with Gasteiger partial charge in [-0.25, -0.2) is 15.0 Å². The molecule has 0 atom stereocenters. The van der Waals surface area contributed by atoms with E-state index in [-0.39, 0.29) is 0 Å². The van der Waals surface area contributed by atoms with Gasteiger partial charge in [-0.15, -0.1) is 0 Å². The van der Waals surface area contributed by atoms with Crippen molar-refractivity contribution in [2.45, 2.75) is 0 Å². The van der Waals surface area contributed by atoms with Gasteiger partial charge in [0.15, 0.2) is 17.5 Å². The summed E-state index contributed by atoms with van der Waals surface area (Å²) >= 11 is 0. The van der Waals surface area contributed by atoms with Gasteiger partial charge in [0.1, 0.15) is 17.2 Å². The minimum atomic E-state index is 0.504. The van der Waals surface area contributed by atoms with E-state index < -0.39 is 0 Å². The molecule has 0 radical (unpaired) electrons. The van der Waals surface area contributed by atoms with Crippen LogP contribution >= 0.6 is 0 Å². The summed E-state index contributed by atoms with van der Waals surface area (Å²) in [6.45, 7) is 0. The lowest BCUT2D eigenvalue weighted by Crippen LogP contribution is -2.02. The molecule has 6 heteroatoms. The second-order valence-electron chi connectivity index (χ2n) is 11.2. The summed E-state index contributed by atoms with van der Waals surface area (Å²) in [7, 11) is 0. The van der Waals surface area contributed by atoms with Crippen molar-refractivity contribution in [3.8, 4) is 45.9 Å². The summed E-state index contributed by atoms with van der Waals surface area (Å²) < 4.78 is 8.41. The molecule has 0 saturated heterocycles. The smallest absolute Gasteiger partial charge is 0.164 e. The van der Waals surface area contributed by atoms with E-state index in [0.717, 1.165) is 66.1 Å². The maximum absolute atomic E-state index is 10.5. The van der Waals surface area contributed by atoms with Gasteiger partial charge < -0.3 is 8.98 Å². The molecule has 3 aromatic heterocycles. The molecule has 6 nitrogen and oxygen atoms in total. The lowest BCUT2D eigenvalue weighted by molar-refractivity contribution is 0.669. The Hall–Kier alpha value is -6.58. The van der Waals surface area contributed by atoms with Gasteiger partial charge in [-0.3, -0.25) is 0 Å². The zero-order chi connectivity index (χ0) is 30.6. The van der Waals surface area contributed by atoms with Crippen LogP contribution < -0.4 is 0 Å². The van der Waals surface area contributed by atoms with E-state index in [1.165, 1.54) is 0 Å². The predicted octanol–water partition coefficient (Wildman–Crippen LogP) is 9.74. The summed E-state index contributed by atoms with van der Waals surface area (Å²) in [4.78, 5) is 14.6. The molecule has 0 fully saturated rings. The quantitative estimate of drug-likeness (QED) is 0.204. The number of benzene rings is 6. The van der Waals surface area contributed by atoms with Gasteiger partial charge in [-0.05, 0) is 42.5 Å². The van der Waals surface area contributed by atoms with E-state index in [2.05, 4.69) is 41.0 Å². The normalized spacial score (nSPS) is 11.5. The van der Waals surface area contributed by atoms with Crippen molar-refractivity contribution in [1.29, 1.82) is 5.26 Å². The highest BCUT2D eigenvalue weighted by atomic mass is 16.3. The monoisotopic (exact) mass is 589 g/mol. The number of para-hydroxylation sites is 2. The van der Waals surface area contributed by atoms with Crippen LogP contribution in [-0.2, 0) is 0 Å². The first-order chi connectivity index (χ1) is 22.8. The molecule has 0 unspecified atom stereocenters. The van der Waals surface area contributed by atoms with Crippen molar-refractivity contribution in [3.05, 3.63) is 145 Å². The van der Waals surface area contributed by atoms with Crippen LogP contribution in [0, 0.1) is 11.3 Å². The van der Waals surface area contributed by atoms with Crippen LogP contribution in [0.25, 0.3) is 83.6 Å². The second-order valence-corrected chi connectivity index (χ2v) is 11.2. The molecule has 6 aromatic carbocycles. The van der Waals surface area contributed by atoms with Gasteiger partial charge in [-0.1, -0.05) is 97.1 Å². The summed E-state index contributed by atoms with van der Waals surface area (Å²) in [6.07, 6.45) is 0. The van der Waals surface area contributed by atoms with Crippen LogP contribution in [0.4, 0.5) is 0 Å². The van der Waals surface area contributed by atoms with Crippen molar-refractivity contribution >= 4 is 43.7 Å². The van der Waals surface area contributed by atoms with E-state index in [9.17, 15) is 5.26 Å². The van der Waals surface area contributed by atoms with Crippen molar-refractivity contribution < 1.29 is 4.42 Å². The average molecular weight is 590 g/mol. The van der Waals surface area contributed by atoms with E-state index >= 15 is 0 Å². The van der Waals surface area contributed by atoms with Crippen LogP contribution in [0.1, 0.15) is 5.56 Å². The minimum Gasteiger partial charge on any atom is -0.456 e. The number of nitriles is 1. The lowest BCUT2D eigenvalue weighted by atomic mass is 10.1. The fourth-order valence-corrected chi connectivity index (χ4v) is 6.43. The molecule has 0 aliphatic heterocycles. The molecule has 0 N–H and O–H groups in total. The summed E-state index contributed by atoms with van der Waals surface area (Å²) in [5.41, 5.74) is 7.52. The van der Waals surface area contributed by atoms with Crippen LogP contribution in [0.3, 0.4) is 0 Å². The molecular weight excluding hydrogens is 566 g/mol. The molecule has 0 bridgehead atoms. The van der Waals surface area contributed by atoms with Crippen molar-refractivity contribution in [2.75, 3.05) is 0 Å². The zero-order valence-electron chi connectivity index (χ0n) is 24.4. The SMILES string of the molecule is N#Cc1cc(-c2nc(-c3ccccc3)nc(-c3ccccc3)n2)ccc1-n1c2ccccc2c2c3c(ccc21)oc1ccccc13.